The molecule has 1 aliphatic carbocycles. The molecule has 3 heteroatoms. The lowest BCUT2D eigenvalue weighted by atomic mass is 9.67. The van der Waals surface area contributed by atoms with Crippen LogP contribution in [-0.2, 0) is 6.54 Å². The molecule has 0 bridgehead atoms. The number of rotatable bonds is 2. The normalized spacial score (nSPS) is 28.1. The molecule has 0 saturated heterocycles. The average molecular weight is 207 g/mol. The van der Waals surface area contributed by atoms with Gasteiger partial charge in [0.2, 0.25) is 0 Å². The highest BCUT2D eigenvalue weighted by molar-refractivity contribution is 4.97. The van der Waals surface area contributed by atoms with E-state index in [0.29, 0.717) is 16.7 Å². The van der Waals surface area contributed by atoms with Crippen LogP contribution >= 0.6 is 0 Å². The molecule has 1 heterocycles. The van der Waals surface area contributed by atoms with Crippen molar-refractivity contribution in [1.29, 1.82) is 0 Å². The molecular weight excluding hydrogens is 186 g/mol. The third-order valence-corrected chi connectivity index (χ3v) is 4.76. The van der Waals surface area contributed by atoms with Crippen LogP contribution in [-0.4, -0.2) is 14.8 Å². The predicted molar refractivity (Wildman–Crippen MR) is 60.3 cm³/mol. The summed E-state index contributed by atoms with van der Waals surface area (Å²) in [5.41, 5.74) is 0.831. The van der Waals surface area contributed by atoms with Gasteiger partial charge in [0.05, 0.1) is 0 Å². The maximum absolute atomic E-state index is 4.20. The third-order valence-electron chi connectivity index (χ3n) is 4.76. The minimum atomic E-state index is 0.388. The topological polar surface area (TPSA) is 30.7 Å². The molecule has 15 heavy (non-hydrogen) atoms. The summed E-state index contributed by atoms with van der Waals surface area (Å²) in [4.78, 5) is 4.00. The van der Waals surface area contributed by atoms with E-state index in [1.807, 2.05) is 11.0 Å². The Kier molecular flexibility index (Phi) is 2.36. The lowest BCUT2D eigenvalue weighted by Gasteiger charge is -2.39. The van der Waals surface area contributed by atoms with E-state index < -0.39 is 0 Å². The van der Waals surface area contributed by atoms with Crippen LogP contribution in [0.3, 0.4) is 0 Å². The van der Waals surface area contributed by atoms with Crippen molar-refractivity contribution in [3.63, 3.8) is 0 Å². The zero-order valence-corrected chi connectivity index (χ0v) is 10.2. The molecule has 0 aliphatic heterocycles. The number of nitrogens with zero attached hydrogens (tertiary/aromatic N) is 3. The van der Waals surface area contributed by atoms with Crippen molar-refractivity contribution in [3.05, 3.63) is 12.7 Å². The first-order chi connectivity index (χ1) is 6.93. The maximum atomic E-state index is 4.20. The summed E-state index contributed by atoms with van der Waals surface area (Å²) in [6.45, 7) is 10.6. The highest BCUT2D eigenvalue weighted by atomic mass is 15.3. The Morgan fingerprint density at radius 2 is 2.07 bits per heavy atom. The Bertz CT molecular complexity index is 325. The molecule has 2 rings (SSSR count). The molecule has 1 atom stereocenters. The van der Waals surface area contributed by atoms with Gasteiger partial charge in [-0.1, -0.05) is 27.7 Å². The predicted octanol–water partition coefficient (Wildman–Crippen LogP) is 2.74. The molecule has 0 amide bonds. The van der Waals surface area contributed by atoms with Crippen LogP contribution in [0.1, 0.15) is 40.5 Å². The number of aromatic nitrogens is 3. The second kappa shape index (κ2) is 3.32. The third kappa shape index (κ3) is 1.68. The summed E-state index contributed by atoms with van der Waals surface area (Å²) in [5.74, 6) is 0.717. The van der Waals surface area contributed by atoms with Gasteiger partial charge < -0.3 is 0 Å². The second-order valence-corrected chi connectivity index (χ2v) is 5.96. The minimum Gasteiger partial charge on any atom is -0.253 e. The van der Waals surface area contributed by atoms with E-state index in [1.54, 1.807) is 6.33 Å². The smallest absolute Gasteiger partial charge is 0.137 e. The summed E-state index contributed by atoms with van der Waals surface area (Å²) >= 11 is 0. The van der Waals surface area contributed by atoms with Gasteiger partial charge in [-0.2, -0.15) is 5.10 Å². The lowest BCUT2D eigenvalue weighted by Crippen LogP contribution is -2.33. The van der Waals surface area contributed by atoms with Crippen molar-refractivity contribution < 1.29 is 0 Å². The van der Waals surface area contributed by atoms with Gasteiger partial charge in [0, 0.05) is 6.54 Å². The van der Waals surface area contributed by atoms with E-state index in [-0.39, 0.29) is 0 Å². The monoisotopic (exact) mass is 207 g/mol. The standard InChI is InChI=1S/C12H21N3/c1-11(2)6-5-10(12(11,3)4)7-15-9-13-8-14-15/h8-10H,5-7H2,1-4H3/t10-/m1/s1. The largest absolute Gasteiger partial charge is 0.253 e. The maximum Gasteiger partial charge on any atom is 0.137 e. The molecule has 0 radical (unpaired) electrons. The summed E-state index contributed by atoms with van der Waals surface area (Å²) in [7, 11) is 0. The number of hydrogen-bond donors (Lipinski definition) is 0. The lowest BCUT2D eigenvalue weighted by molar-refractivity contribution is 0.0957. The van der Waals surface area contributed by atoms with Gasteiger partial charge >= 0.3 is 0 Å². The van der Waals surface area contributed by atoms with Crippen LogP contribution < -0.4 is 0 Å². The van der Waals surface area contributed by atoms with Gasteiger partial charge in [0.1, 0.15) is 12.7 Å². The second-order valence-electron chi connectivity index (χ2n) is 5.96. The molecule has 84 valence electrons. The van der Waals surface area contributed by atoms with Crippen molar-refractivity contribution in [3.8, 4) is 0 Å². The van der Waals surface area contributed by atoms with E-state index in [0.717, 1.165) is 6.54 Å². The highest BCUT2D eigenvalue weighted by Crippen LogP contribution is 2.55. The first-order valence-corrected chi connectivity index (χ1v) is 5.76. The van der Waals surface area contributed by atoms with Crippen LogP contribution in [0.5, 0.6) is 0 Å². The minimum absolute atomic E-state index is 0.388. The fourth-order valence-corrected chi connectivity index (χ4v) is 2.64. The molecule has 1 aromatic heterocycles. The molecule has 1 aromatic rings. The van der Waals surface area contributed by atoms with Gasteiger partial charge in [-0.05, 0) is 29.6 Å². The summed E-state index contributed by atoms with van der Waals surface area (Å²) in [6.07, 6.45) is 6.06. The molecule has 3 nitrogen and oxygen atoms in total. The Balaban J connectivity index is 2.12. The van der Waals surface area contributed by atoms with E-state index in [2.05, 4.69) is 37.8 Å². The van der Waals surface area contributed by atoms with Crippen LogP contribution in [0.25, 0.3) is 0 Å². The SMILES string of the molecule is CC1(C)CC[C@H](Cn2cncn2)C1(C)C. The summed E-state index contributed by atoms with van der Waals surface area (Å²) < 4.78 is 1.97. The zero-order valence-electron chi connectivity index (χ0n) is 10.2. The van der Waals surface area contributed by atoms with Crippen LogP contribution in [0.15, 0.2) is 12.7 Å². The van der Waals surface area contributed by atoms with Gasteiger partial charge in [0.15, 0.2) is 0 Å². The molecule has 0 N–H and O–H groups in total. The molecule has 1 aliphatic rings. The molecule has 0 spiro atoms. The van der Waals surface area contributed by atoms with Gasteiger partial charge in [-0.15, -0.1) is 0 Å². The first-order valence-electron chi connectivity index (χ1n) is 5.76. The number of hydrogen-bond acceptors (Lipinski definition) is 2. The van der Waals surface area contributed by atoms with Crippen molar-refractivity contribution in [2.24, 2.45) is 16.7 Å². The van der Waals surface area contributed by atoms with Crippen molar-refractivity contribution >= 4 is 0 Å². The first kappa shape index (κ1) is 10.7. The molecule has 1 fully saturated rings. The molecule has 0 unspecified atom stereocenters. The average Bonchev–Trinajstić information content (AvgIpc) is 2.69. The van der Waals surface area contributed by atoms with Gasteiger partial charge in [-0.25, -0.2) is 4.98 Å². The Hall–Kier alpha value is -0.860. The fourth-order valence-electron chi connectivity index (χ4n) is 2.64. The molecule has 1 saturated carbocycles. The Morgan fingerprint density at radius 3 is 2.53 bits per heavy atom. The summed E-state index contributed by atoms with van der Waals surface area (Å²) in [6, 6.07) is 0. The van der Waals surface area contributed by atoms with E-state index in [4.69, 9.17) is 0 Å². The Labute approximate surface area is 91.9 Å². The van der Waals surface area contributed by atoms with Crippen molar-refractivity contribution in [2.45, 2.75) is 47.1 Å². The zero-order chi connectivity index (χ0) is 11.1. The quantitative estimate of drug-likeness (QED) is 0.746. The van der Waals surface area contributed by atoms with E-state index in [1.165, 1.54) is 12.8 Å². The van der Waals surface area contributed by atoms with Crippen molar-refractivity contribution in [1.82, 2.24) is 14.8 Å². The van der Waals surface area contributed by atoms with Crippen LogP contribution in [0, 0.1) is 16.7 Å². The van der Waals surface area contributed by atoms with E-state index in [9.17, 15) is 0 Å². The highest BCUT2D eigenvalue weighted by Gasteiger charge is 2.48. The summed E-state index contributed by atoms with van der Waals surface area (Å²) in [5, 5.41) is 4.20. The van der Waals surface area contributed by atoms with Gasteiger partial charge in [0.25, 0.3) is 0 Å². The Morgan fingerprint density at radius 1 is 1.33 bits per heavy atom. The van der Waals surface area contributed by atoms with Crippen LogP contribution in [0.2, 0.25) is 0 Å². The van der Waals surface area contributed by atoms with Gasteiger partial charge in [-0.3, -0.25) is 4.68 Å². The molecular formula is C12H21N3. The van der Waals surface area contributed by atoms with Crippen molar-refractivity contribution in [2.75, 3.05) is 0 Å². The fraction of sp³-hybridized carbons (Fsp3) is 0.833. The molecule has 0 aromatic carbocycles. The van der Waals surface area contributed by atoms with E-state index >= 15 is 0 Å². The van der Waals surface area contributed by atoms with Crippen LogP contribution in [0.4, 0.5) is 0 Å².